The fraction of sp³-hybridized carbons (Fsp3) is 0.600. The molecular formula is C15H22N2O3S. The molecule has 0 aromatic carbocycles. The van der Waals surface area contributed by atoms with Crippen molar-refractivity contribution in [3.05, 3.63) is 22.4 Å². The van der Waals surface area contributed by atoms with E-state index >= 15 is 0 Å². The Hall–Kier alpha value is -1.40. The Morgan fingerprint density at radius 3 is 2.90 bits per heavy atom. The fourth-order valence-electron chi connectivity index (χ4n) is 2.72. The first-order valence-corrected chi connectivity index (χ1v) is 8.16. The molecular weight excluding hydrogens is 288 g/mol. The molecule has 1 aromatic heterocycles. The van der Waals surface area contributed by atoms with Crippen LogP contribution in [0.3, 0.4) is 0 Å². The molecule has 5 nitrogen and oxygen atoms in total. The summed E-state index contributed by atoms with van der Waals surface area (Å²) >= 11 is 1.47. The van der Waals surface area contributed by atoms with Crippen LogP contribution >= 0.6 is 11.3 Å². The van der Waals surface area contributed by atoms with E-state index in [1.54, 1.807) is 30.2 Å². The molecule has 0 saturated carbocycles. The van der Waals surface area contributed by atoms with Crippen LogP contribution < -0.4 is 5.32 Å². The van der Waals surface area contributed by atoms with Gasteiger partial charge in [-0.15, -0.1) is 0 Å². The van der Waals surface area contributed by atoms with Crippen molar-refractivity contribution in [1.82, 2.24) is 10.2 Å². The third-order valence-electron chi connectivity index (χ3n) is 3.80. The van der Waals surface area contributed by atoms with Crippen LogP contribution in [0.4, 0.5) is 0 Å². The van der Waals surface area contributed by atoms with Crippen molar-refractivity contribution >= 4 is 23.2 Å². The zero-order valence-corrected chi connectivity index (χ0v) is 13.3. The highest BCUT2D eigenvalue weighted by atomic mass is 32.1. The predicted molar refractivity (Wildman–Crippen MR) is 82.3 cm³/mol. The maximum Gasteiger partial charge on any atom is 0.252 e. The number of carbonyl (C=O) groups is 2. The van der Waals surface area contributed by atoms with Gasteiger partial charge in [-0.1, -0.05) is 0 Å². The Balaban J connectivity index is 1.81. The number of carbonyl (C=O) groups excluding carboxylic acids is 2. The minimum atomic E-state index is -0.883. The summed E-state index contributed by atoms with van der Waals surface area (Å²) in [6.45, 7) is 4.48. The number of nitrogens with zero attached hydrogens (tertiary/aromatic N) is 1. The fourth-order valence-corrected chi connectivity index (χ4v) is 3.36. The number of likely N-dealkylation sites (tertiary alicyclic amines) is 1. The lowest BCUT2D eigenvalue weighted by atomic mass is 9.96. The van der Waals surface area contributed by atoms with Gasteiger partial charge in [-0.2, -0.15) is 11.3 Å². The summed E-state index contributed by atoms with van der Waals surface area (Å²) in [6, 6.07) is 1.63. The van der Waals surface area contributed by atoms with E-state index in [1.807, 2.05) is 5.38 Å². The predicted octanol–water partition coefficient (Wildman–Crippen LogP) is 1.63. The maximum atomic E-state index is 12.2. The second kappa shape index (κ2) is 6.58. The average Bonchev–Trinajstić information content (AvgIpc) is 3.08. The molecule has 1 fully saturated rings. The molecule has 1 aliphatic rings. The van der Waals surface area contributed by atoms with Gasteiger partial charge in [0, 0.05) is 30.5 Å². The van der Waals surface area contributed by atoms with Crippen LogP contribution in [-0.2, 0) is 4.79 Å². The van der Waals surface area contributed by atoms with Crippen LogP contribution in [-0.4, -0.2) is 46.6 Å². The monoisotopic (exact) mass is 310 g/mol. The van der Waals surface area contributed by atoms with Gasteiger partial charge in [-0.3, -0.25) is 9.59 Å². The van der Waals surface area contributed by atoms with Crippen molar-refractivity contribution in [2.75, 3.05) is 13.1 Å². The van der Waals surface area contributed by atoms with Gasteiger partial charge < -0.3 is 15.3 Å². The molecule has 1 saturated heterocycles. The summed E-state index contributed by atoms with van der Waals surface area (Å²) in [7, 11) is 0. The Labute approximate surface area is 129 Å². The van der Waals surface area contributed by atoms with E-state index in [0.29, 0.717) is 18.7 Å². The smallest absolute Gasteiger partial charge is 0.252 e. The SMILES string of the molecule is CC(C)(O)C1CCCN1C(=O)CCNC(=O)c1ccsc1. The molecule has 0 radical (unpaired) electrons. The van der Waals surface area contributed by atoms with Crippen LogP contribution in [0.5, 0.6) is 0 Å². The zero-order chi connectivity index (χ0) is 15.5. The van der Waals surface area contributed by atoms with Crippen molar-refractivity contribution in [1.29, 1.82) is 0 Å². The molecule has 21 heavy (non-hydrogen) atoms. The van der Waals surface area contributed by atoms with Crippen molar-refractivity contribution in [3.8, 4) is 0 Å². The molecule has 1 atom stereocenters. The van der Waals surface area contributed by atoms with E-state index in [9.17, 15) is 14.7 Å². The van der Waals surface area contributed by atoms with E-state index in [2.05, 4.69) is 5.32 Å². The van der Waals surface area contributed by atoms with Gasteiger partial charge in [0.1, 0.15) is 0 Å². The summed E-state index contributed by atoms with van der Waals surface area (Å²) in [6.07, 6.45) is 2.01. The second-order valence-corrected chi connectivity index (χ2v) is 6.70. The molecule has 2 N–H and O–H groups in total. The van der Waals surface area contributed by atoms with Gasteiger partial charge in [-0.05, 0) is 38.1 Å². The molecule has 0 aliphatic carbocycles. The van der Waals surface area contributed by atoms with Gasteiger partial charge in [-0.25, -0.2) is 0 Å². The highest BCUT2D eigenvalue weighted by molar-refractivity contribution is 7.08. The number of hydrogen-bond acceptors (Lipinski definition) is 4. The van der Waals surface area contributed by atoms with Gasteiger partial charge in [0.15, 0.2) is 0 Å². The van der Waals surface area contributed by atoms with Crippen molar-refractivity contribution in [3.63, 3.8) is 0 Å². The molecule has 1 aromatic rings. The molecule has 2 amide bonds. The Bertz CT molecular complexity index is 494. The third-order valence-corrected chi connectivity index (χ3v) is 4.48. The third kappa shape index (κ3) is 4.04. The summed E-state index contributed by atoms with van der Waals surface area (Å²) in [5.41, 5.74) is -0.255. The van der Waals surface area contributed by atoms with Crippen molar-refractivity contribution < 1.29 is 14.7 Å². The number of amides is 2. The van der Waals surface area contributed by atoms with Gasteiger partial charge >= 0.3 is 0 Å². The Morgan fingerprint density at radius 2 is 2.29 bits per heavy atom. The van der Waals surface area contributed by atoms with Gasteiger partial charge in [0.2, 0.25) is 5.91 Å². The molecule has 0 bridgehead atoms. The topological polar surface area (TPSA) is 69.6 Å². The quantitative estimate of drug-likeness (QED) is 0.868. The van der Waals surface area contributed by atoms with Crippen LogP contribution in [0.1, 0.15) is 43.5 Å². The number of rotatable bonds is 5. The van der Waals surface area contributed by atoms with Gasteiger partial charge in [0.25, 0.3) is 5.91 Å². The van der Waals surface area contributed by atoms with E-state index < -0.39 is 5.60 Å². The highest BCUT2D eigenvalue weighted by Gasteiger charge is 2.37. The molecule has 1 aliphatic heterocycles. The molecule has 116 valence electrons. The lowest BCUT2D eigenvalue weighted by Crippen LogP contribution is -2.48. The summed E-state index contributed by atoms with van der Waals surface area (Å²) in [5, 5.41) is 16.5. The largest absolute Gasteiger partial charge is 0.388 e. The lowest BCUT2D eigenvalue weighted by molar-refractivity contribution is -0.136. The van der Waals surface area contributed by atoms with E-state index in [-0.39, 0.29) is 24.3 Å². The first kappa shape index (κ1) is 16.0. The minimum Gasteiger partial charge on any atom is -0.388 e. The van der Waals surface area contributed by atoms with Crippen LogP contribution in [0.15, 0.2) is 16.8 Å². The second-order valence-electron chi connectivity index (χ2n) is 5.92. The maximum absolute atomic E-state index is 12.2. The first-order chi connectivity index (χ1) is 9.89. The van der Waals surface area contributed by atoms with Crippen molar-refractivity contribution in [2.45, 2.75) is 44.8 Å². The first-order valence-electron chi connectivity index (χ1n) is 7.22. The minimum absolute atomic E-state index is 0.00903. The molecule has 0 spiro atoms. The molecule has 6 heteroatoms. The van der Waals surface area contributed by atoms with E-state index in [4.69, 9.17) is 0 Å². The zero-order valence-electron chi connectivity index (χ0n) is 12.5. The van der Waals surface area contributed by atoms with Crippen molar-refractivity contribution in [2.24, 2.45) is 0 Å². The normalized spacial score (nSPS) is 18.8. The lowest BCUT2D eigenvalue weighted by Gasteiger charge is -2.33. The number of thiophene rings is 1. The van der Waals surface area contributed by atoms with Gasteiger partial charge in [0.05, 0.1) is 11.6 Å². The molecule has 2 rings (SSSR count). The van der Waals surface area contributed by atoms with Crippen LogP contribution in [0, 0.1) is 0 Å². The highest BCUT2D eigenvalue weighted by Crippen LogP contribution is 2.27. The number of hydrogen-bond donors (Lipinski definition) is 2. The van der Waals surface area contributed by atoms with Crippen LogP contribution in [0.2, 0.25) is 0 Å². The Kier molecular flexibility index (Phi) is 5.00. The standard InChI is InChI=1S/C15H22N2O3S/c1-15(2,20)12-4-3-8-17(12)13(18)5-7-16-14(19)11-6-9-21-10-11/h6,9-10,12,20H,3-5,7-8H2,1-2H3,(H,16,19). The van der Waals surface area contributed by atoms with E-state index in [0.717, 1.165) is 12.8 Å². The van der Waals surface area contributed by atoms with Crippen LogP contribution in [0.25, 0.3) is 0 Å². The number of aliphatic hydroxyl groups is 1. The summed E-state index contributed by atoms with van der Waals surface area (Å²) in [4.78, 5) is 25.7. The molecule has 1 unspecified atom stereocenters. The summed E-state index contributed by atoms with van der Waals surface area (Å²) in [5.74, 6) is -0.158. The van der Waals surface area contributed by atoms with E-state index in [1.165, 1.54) is 11.3 Å². The molecule has 2 heterocycles. The number of nitrogens with one attached hydrogen (secondary N) is 1. The summed E-state index contributed by atoms with van der Waals surface area (Å²) < 4.78 is 0. The average molecular weight is 310 g/mol. The Morgan fingerprint density at radius 1 is 1.52 bits per heavy atom.